The average Bonchev–Trinajstić information content (AvgIpc) is 1.79. The molecule has 396 valence electrons. The van der Waals surface area contributed by atoms with Crippen LogP contribution in [0.1, 0.15) is 58.4 Å². The molecule has 3 aromatic heterocycles. The molecule has 1 spiro atoms. The highest BCUT2D eigenvalue weighted by Crippen LogP contribution is 2.68. The average molecular weight is 1070 g/mol. The van der Waals surface area contributed by atoms with E-state index in [1.54, 1.807) is 0 Å². The lowest BCUT2D eigenvalue weighted by atomic mass is 9.70. The highest BCUT2D eigenvalue weighted by Gasteiger charge is 2.55. The van der Waals surface area contributed by atoms with Gasteiger partial charge in [-0.15, -0.1) is 0 Å². The predicted molar refractivity (Wildman–Crippen MR) is 344 cm³/mol. The smallest absolute Gasteiger partial charge is 0.145 e. The van der Waals surface area contributed by atoms with Crippen LogP contribution in [0.3, 0.4) is 0 Å². The van der Waals surface area contributed by atoms with E-state index in [9.17, 15) is 0 Å². The van der Waals surface area contributed by atoms with Gasteiger partial charge in [-0.25, -0.2) is 4.98 Å². The summed E-state index contributed by atoms with van der Waals surface area (Å²) in [6.07, 6.45) is 3.86. The Kier molecular flexibility index (Phi) is 11.1. The molecular weight excluding hydrogens is 1010 g/mol. The van der Waals surface area contributed by atoms with Crippen LogP contribution in [0, 0.1) is 13.8 Å². The van der Waals surface area contributed by atoms with Crippen molar-refractivity contribution in [3.63, 3.8) is 0 Å². The van der Waals surface area contributed by atoms with E-state index >= 15 is 0 Å². The molecule has 0 unspecified atom stereocenters. The van der Waals surface area contributed by atoms with Crippen LogP contribution in [0.15, 0.2) is 258 Å². The van der Waals surface area contributed by atoms with Gasteiger partial charge in [-0.1, -0.05) is 195 Å². The zero-order valence-corrected chi connectivity index (χ0v) is 46.7. The Morgan fingerprint density at radius 1 is 0.386 bits per heavy atom. The molecule has 0 bridgehead atoms. The van der Waals surface area contributed by atoms with Crippen molar-refractivity contribution in [3.8, 4) is 44.5 Å². The molecule has 0 atom stereocenters. The standard InChI is InChI=1S/C78H57N3O2/c1-5-50-34-38-54(39-35-50)80(66-42-33-48(3)43-60(66)52-21-9-7-10-22-52)67-45-64-73(75-71(67)58-27-15-19-31-69(58)82-75)74-65(78(64)62-29-17-13-25-56(62)57-26-14-18-30-63(57)78)46-68(72-59-28-16-20-32-70(59)83-76(72)74)81(55-40-36-51(6-2)37-41-55)77-61(44-49(4)47-79-77)53-23-11-8-12-24-53/h7-47H,5-6H2,1-4H3. The highest BCUT2D eigenvalue weighted by atomic mass is 16.3. The van der Waals surface area contributed by atoms with Crippen LogP contribution in [0.25, 0.3) is 88.4 Å². The van der Waals surface area contributed by atoms with E-state index in [-0.39, 0.29) is 0 Å². The molecule has 0 amide bonds. The first-order valence-corrected chi connectivity index (χ1v) is 29.0. The van der Waals surface area contributed by atoms with E-state index in [1.807, 2.05) is 6.20 Å². The van der Waals surface area contributed by atoms with Gasteiger partial charge in [0.15, 0.2) is 0 Å². The van der Waals surface area contributed by atoms with Gasteiger partial charge in [0.25, 0.3) is 0 Å². The van der Waals surface area contributed by atoms with Crippen molar-refractivity contribution in [2.75, 3.05) is 9.80 Å². The number of furan rings is 2. The number of para-hydroxylation sites is 2. The minimum absolute atomic E-state index is 0.800. The van der Waals surface area contributed by atoms with Crippen LogP contribution in [0.2, 0.25) is 0 Å². The second-order valence-corrected chi connectivity index (χ2v) is 22.4. The summed E-state index contributed by atoms with van der Waals surface area (Å²) in [6, 6.07) is 89.3. The van der Waals surface area contributed by atoms with E-state index in [1.165, 1.54) is 38.9 Å². The topological polar surface area (TPSA) is 45.7 Å². The third-order valence-corrected chi connectivity index (χ3v) is 17.7. The summed E-state index contributed by atoms with van der Waals surface area (Å²) in [6.45, 7) is 8.76. The van der Waals surface area contributed by atoms with Gasteiger partial charge < -0.3 is 13.7 Å². The highest BCUT2D eigenvalue weighted by molar-refractivity contribution is 6.25. The molecule has 5 nitrogen and oxygen atoms in total. The second kappa shape index (κ2) is 18.9. The Hall–Kier alpha value is -10.2. The lowest BCUT2D eigenvalue weighted by Gasteiger charge is -2.34. The van der Waals surface area contributed by atoms with E-state index in [4.69, 9.17) is 13.8 Å². The van der Waals surface area contributed by atoms with Crippen LogP contribution in [0.5, 0.6) is 0 Å². The van der Waals surface area contributed by atoms with Crippen molar-refractivity contribution < 1.29 is 8.83 Å². The number of aromatic nitrogens is 1. The number of fused-ring (bicyclic) bond motifs is 18. The van der Waals surface area contributed by atoms with Crippen molar-refractivity contribution >= 4 is 78.1 Å². The molecule has 2 aliphatic carbocycles. The Morgan fingerprint density at radius 2 is 0.843 bits per heavy atom. The number of rotatable bonds is 10. The fourth-order valence-electron chi connectivity index (χ4n) is 14.0. The molecule has 0 saturated heterocycles. The molecule has 3 heterocycles. The largest absolute Gasteiger partial charge is 0.455 e. The maximum atomic E-state index is 7.61. The van der Waals surface area contributed by atoms with Gasteiger partial charge in [0.1, 0.15) is 28.1 Å². The quantitative estimate of drug-likeness (QED) is 0.137. The van der Waals surface area contributed by atoms with Crippen molar-refractivity contribution in [2.24, 2.45) is 0 Å². The lowest BCUT2D eigenvalue weighted by molar-refractivity contribution is 0.665. The molecule has 11 aromatic carbocycles. The predicted octanol–water partition coefficient (Wildman–Crippen LogP) is 21.2. The number of hydrogen-bond donors (Lipinski definition) is 0. The zero-order chi connectivity index (χ0) is 55.5. The monoisotopic (exact) mass is 1070 g/mol. The van der Waals surface area contributed by atoms with E-state index in [2.05, 4.69) is 280 Å². The van der Waals surface area contributed by atoms with Crippen molar-refractivity contribution in [3.05, 3.63) is 293 Å². The molecule has 16 rings (SSSR count). The summed E-state index contributed by atoms with van der Waals surface area (Å²) in [5, 5.41) is 4.09. The Bertz CT molecular complexity index is 4590. The minimum atomic E-state index is -0.879. The fourth-order valence-corrected chi connectivity index (χ4v) is 14.0. The summed E-state index contributed by atoms with van der Waals surface area (Å²) in [4.78, 5) is 10.4. The number of pyridine rings is 1. The maximum Gasteiger partial charge on any atom is 0.145 e. The summed E-state index contributed by atoms with van der Waals surface area (Å²) in [5.41, 5.74) is 25.8. The molecule has 0 saturated carbocycles. The summed E-state index contributed by atoms with van der Waals surface area (Å²) >= 11 is 0. The first-order chi connectivity index (χ1) is 40.9. The number of nitrogens with zero attached hydrogens (tertiary/aromatic N) is 3. The first-order valence-electron chi connectivity index (χ1n) is 29.0. The third kappa shape index (κ3) is 7.23. The second-order valence-electron chi connectivity index (χ2n) is 22.4. The van der Waals surface area contributed by atoms with E-state index < -0.39 is 5.41 Å². The van der Waals surface area contributed by atoms with Crippen LogP contribution in [0.4, 0.5) is 34.3 Å². The molecular formula is C78H57N3O2. The molecule has 14 aromatic rings. The molecule has 5 heteroatoms. The Balaban J connectivity index is 1.10. The summed E-state index contributed by atoms with van der Waals surface area (Å²) < 4.78 is 15.2. The normalized spacial score (nSPS) is 12.8. The first kappa shape index (κ1) is 48.7. The number of anilines is 6. The van der Waals surface area contributed by atoms with Gasteiger partial charge in [-0.2, -0.15) is 0 Å². The number of benzene rings is 11. The van der Waals surface area contributed by atoms with E-state index in [0.29, 0.717) is 0 Å². The summed E-state index contributed by atoms with van der Waals surface area (Å²) in [7, 11) is 0. The molecule has 0 aliphatic heterocycles. The number of hydrogen-bond acceptors (Lipinski definition) is 5. The van der Waals surface area contributed by atoms with Crippen molar-refractivity contribution in [1.82, 2.24) is 4.98 Å². The maximum absolute atomic E-state index is 7.61. The number of aryl methyl sites for hydroxylation is 4. The molecule has 83 heavy (non-hydrogen) atoms. The molecule has 2 aliphatic rings. The van der Waals surface area contributed by atoms with Gasteiger partial charge >= 0.3 is 0 Å². The summed E-state index contributed by atoms with van der Waals surface area (Å²) in [5.74, 6) is 0.827. The fraction of sp³-hybridized carbons (Fsp3) is 0.0897. The van der Waals surface area contributed by atoms with Gasteiger partial charge in [0, 0.05) is 50.6 Å². The molecule has 0 fully saturated rings. The van der Waals surface area contributed by atoms with Crippen LogP contribution >= 0.6 is 0 Å². The van der Waals surface area contributed by atoms with Crippen LogP contribution in [-0.4, -0.2) is 4.98 Å². The Morgan fingerprint density at radius 3 is 1.39 bits per heavy atom. The SMILES string of the molecule is CCc1ccc(N(c2ccc(C)cc2-c2ccccc2)c2cc3c(c4oc5ccccc5c24)-c2c(cc(N(c4ccc(CC)cc4)c4ncc(C)cc4-c4ccccc4)c4c2oc2ccccc24)C32c3ccccc3-c3ccccc32)cc1. The third-order valence-electron chi connectivity index (χ3n) is 17.7. The lowest BCUT2D eigenvalue weighted by Crippen LogP contribution is -2.27. The van der Waals surface area contributed by atoms with Gasteiger partial charge in [0.05, 0.1) is 33.2 Å². The van der Waals surface area contributed by atoms with Gasteiger partial charge in [-0.05, 0) is 155 Å². The molecule has 0 N–H and O–H groups in total. The van der Waals surface area contributed by atoms with Crippen LogP contribution in [-0.2, 0) is 18.3 Å². The van der Waals surface area contributed by atoms with Gasteiger partial charge in [0.2, 0.25) is 0 Å². The minimum Gasteiger partial charge on any atom is -0.455 e. The van der Waals surface area contributed by atoms with Crippen LogP contribution < -0.4 is 9.80 Å². The van der Waals surface area contributed by atoms with Crippen molar-refractivity contribution in [1.29, 1.82) is 0 Å². The van der Waals surface area contributed by atoms with Crippen molar-refractivity contribution in [2.45, 2.75) is 46.0 Å². The molecule has 0 radical (unpaired) electrons. The van der Waals surface area contributed by atoms with Gasteiger partial charge in [-0.3, -0.25) is 4.90 Å². The zero-order valence-electron chi connectivity index (χ0n) is 46.7. The Labute approximate surface area is 483 Å². The van der Waals surface area contributed by atoms with E-state index in [0.717, 1.165) is 141 Å².